The molecule has 0 saturated heterocycles. The highest BCUT2D eigenvalue weighted by atomic mass is 32.1. The van der Waals surface area contributed by atoms with Crippen molar-refractivity contribution >= 4 is 45.8 Å². The normalized spacial score (nSPS) is 14.3. The molecule has 2 heterocycles. The van der Waals surface area contributed by atoms with Crippen LogP contribution in [-0.2, 0) is 24.7 Å². The maximum atomic E-state index is 13.8. The molecule has 0 spiro atoms. The quantitative estimate of drug-likeness (QED) is 0.0389. The summed E-state index contributed by atoms with van der Waals surface area (Å²) in [6.45, 7) is -0.251. The summed E-state index contributed by atoms with van der Waals surface area (Å²) >= 11 is 1.22. The van der Waals surface area contributed by atoms with E-state index in [1.54, 1.807) is 17.5 Å². The number of carboxylic acids is 1. The summed E-state index contributed by atoms with van der Waals surface area (Å²) in [5.41, 5.74) is 3.70. The molecule has 318 valence electrons. The van der Waals surface area contributed by atoms with Gasteiger partial charge in [0, 0.05) is 23.9 Å². The number of nitrogens with one attached hydrogen (secondary N) is 1. The topological polar surface area (TPSA) is 169 Å². The molecular weight excluding hydrogens is 829 g/mol. The average Bonchev–Trinajstić information content (AvgIpc) is 3.80. The average molecular weight is 869 g/mol. The van der Waals surface area contributed by atoms with Crippen molar-refractivity contribution < 1.29 is 29.2 Å². The lowest BCUT2D eigenvalue weighted by molar-refractivity contribution is -0.384. The van der Waals surface area contributed by atoms with E-state index in [2.05, 4.69) is 15.6 Å². The molecule has 0 saturated carbocycles. The first kappa shape index (κ1) is 42.5. The number of benzene rings is 6. The number of nitrogens with zero attached hydrogens (tertiary/aromatic N) is 5. The summed E-state index contributed by atoms with van der Waals surface area (Å²) in [5, 5.41) is 37.5. The Kier molecular flexibility index (Phi) is 13.0. The summed E-state index contributed by atoms with van der Waals surface area (Å²) in [7, 11) is 0. The summed E-state index contributed by atoms with van der Waals surface area (Å²) < 4.78 is 6.46. The number of hydrogen-bond donors (Lipinski definition) is 2. The van der Waals surface area contributed by atoms with E-state index in [0.717, 1.165) is 27.8 Å². The molecule has 14 heteroatoms. The van der Waals surface area contributed by atoms with E-state index >= 15 is 0 Å². The Labute approximate surface area is 372 Å². The number of nitro benzene ring substituents is 1. The number of carbonyl (C=O) groups is 2. The Balaban J connectivity index is 1.07. The Morgan fingerprint density at radius 2 is 1.34 bits per heavy atom. The van der Waals surface area contributed by atoms with Crippen molar-refractivity contribution in [1.82, 2.24) is 9.99 Å². The number of carboxylic acid groups (broad SMARTS) is 1. The van der Waals surface area contributed by atoms with E-state index in [-0.39, 0.29) is 36.0 Å². The Hall–Kier alpha value is -8.23. The highest BCUT2D eigenvalue weighted by Gasteiger charge is 2.38. The molecule has 0 amide bonds. The molecule has 1 aliphatic heterocycles. The van der Waals surface area contributed by atoms with Gasteiger partial charge in [-0.3, -0.25) is 19.9 Å². The second kappa shape index (κ2) is 19.6. The molecule has 64 heavy (non-hydrogen) atoms. The molecule has 0 aliphatic carbocycles. The highest BCUT2D eigenvalue weighted by molar-refractivity contribution is 7.14. The molecule has 6 aromatic carbocycles. The summed E-state index contributed by atoms with van der Waals surface area (Å²) in [5.74, 6) is -1.65. The van der Waals surface area contributed by atoms with Crippen molar-refractivity contribution in [1.29, 1.82) is 0 Å². The van der Waals surface area contributed by atoms with Crippen molar-refractivity contribution in [3.05, 3.63) is 242 Å². The van der Waals surface area contributed by atoms with Crippen molar-refractivity contribution in [2.24, 2.45) is 10.3 Å². The van der Waals surface area contributed by atoms with E-state index in [1.165, 1.54) is 40.9 Å². The van der Waals surface area contributed by atoms with Crippen molar-refractivity contribution in [2.45, 2.75) is 24.1 Å². The minimum Gasteiger partial charge on any atom is -0.476 e. The van der Waals surface area contributed by atoms with Crippen LogP contribution in [0.15, 0.2) is 204 Å². The molecular formula is C50H40N6O7S. The van der Waals surface area contributed by atoms with Crippen LogP contribution in [0.25, 0.3) is 0 Å². The Morgan fingerprint density at radius 1 is 0.828 bits per heavy atom. The van der Waals surface area contributed by atoms with Crippen LogP contribution in [0.3, 0.4) is 0 Å². The van der Waals surface area contributed by atoms with Gasteiger partial charge >= 0.3 is 5.97 Å². The smallest absolute Gasteiger partial charge is 0.360 e. The number of hydrogen-bond acceptors (Lipinski definition) is 12. The van der Waals surface area contributed by atoms with Crippen molar-refractivity contribution in [3.8, 4) is 0 Å². The van der Waals surface area contributed by atoms with E-state index in [4.69, 9.17) is 14.6 Å². The standard InChI is InChI=1S/C50H40N6O7S/c57-44-30-42(55(51-31-35-26-28-41(29-27-35)56(60)61)32-45(44)63-47(36-16-6-1-7-17-36)37-18-8-2-9-19-37)33-62-54-46(48(58)59)43-34-64-49(52-43)53-50(38-20-10-3-11-21-38,39-22-12-4-13-23-39)40-24-14-5-15-25-40/h1-29,31-32,34,42,47H,30,33H2,(H,52,53)(H,58,59)/b51-31+,54-46-. The van der Waals surface area contributed by atoms with Crippen LogP contribution in [-0.4, -0.2) is 56.4 Å². The minimum absolute atomic E-state index is 0.0459. The van der Waals surface area contributed by atoms with E-state index < -0.39 is 34.3 Å². The molecule has 2 N–H and O–H groups in total. The first-order valence-electron chi connectivity index (χ1n) is 20.2. The fourth-order valence-electron chi connectivity index (χ4n) is 7.36. The number of ether oxygens (including phenoxy) is 1. The number of nitro groups is 1. The SMILES string of the molecule is O=C1CC(CO/N=C(\C(=O)O)c2csc(NC(c3ccccc3)(c3ccccc3)c3ccccc3)n2)N(/N=C/c2ccc([N+](=O)[O-])cc2)C=C1OC(c1ccccc1)c1ccccc1. The molecule has 1 atom stereocenters. The molecule has 0 radical (unpaired) electrons. The largest absolute Gasteiger partial charge is 0.476 e. The molecule has 8 rings (SSSR count). The van der Waals surface area contributed by atoms with E-state index in [1.807, 2.05) is 152 Å². The molecule has 1 aliphatic rings. The number of ketones is 1. The van der Waals surface area contributed by atoms with Gasteiger partial charge in [-0.2, -0.15) is 5.10 Å². The molecule has 1 aromatic heterocycles. The number of hydrazone groups is 1. The van der Waals surface area contributed by atoms with E-state index in [9.17, 15) is 24.8 Å². The number of allylic oxidation sites excluding steroid dienone is 1. The number of anilines is 1. The number of Topliss-reactive ketones (excluding diaryl/α,β-unsaturated/α-hetero) is 1. The summed E-state index contributed by atoms with van der Waals surface area (Å²) in [6, 6.07) is 53.9. The van der Waals surface area contributed by atoms with Gasteiger partial charge in [-0.25, -0.2) is 9.78 Å². The third-order valence-corrected chi connectivity index (χ3v) is 11.3. The highest BCUT2D eigenvalue weighted by Crippen LogP contribution is 2.41. The maximum absolute atomic E-state index is 13.8. The van der Waals surface area contributed by atoms with Gasteiger partial charge in [-0.1, -0.05) is 157 Å². The fraction of sp³-hybridized carbons (Fsp3) is 0.100. The minimum atomic E-state index is -1.37. The van der Waals surface area contributed by atoms with Gasteiger partial charge in [0.15, 0.2) is 10.9 Å². The third-order valence-electron chi connectivity index (χ3n) is 10.5. The monoisotopic (exact) mass is 868 g/mol. The zero-order chi connectivity index (χ0) is 44.3. The van der Waals surface area contributed by atoms with Crippen LogP contribution >= 0.6 is 11.3 Å². The van der Waals surface area contributed by atoms with Crippen LogP contribution in [0.5, 0.6) is 0 Å². The number of non-ortho nitro benzene ring substituents is 1. The molecule has 13 nitrogen and oxygen atoms in total. The van der Waals surface area contributed by atoms with E-state index in [0.29, 0.717) is 10.7 Å². The van der Waals surface area contributed by atoms with Crippen LogP contribution < -0.4 is 5.32 Å². The van der Waals surface area contributed by atoms with Gasteiger partial charge in [-0.05, 0) is 45.5 Å². The van der Waals surface area contributed by atoms with Crippen LogP contribution in [0.4, 0.5) is 10.8 Å². The van der Waals surface area contributed by atoms with Gasteiger partial charge in [-0.15, -0.1) is 11.3 Å². The Bertz CT molecular complexity index is 2650. The molecule has 7 aromatic rings. The Morgan fingerprint density at radius 3 is 1.84 bits per heavy atom. The lowest BCUT2D eigenvalue weighted by Gasteiger charge is -2.36. The van der Waals surface area contributed by atoms with Crippen LogP contribution in [0.2, 0.25) is 0 Å². The fourth-order valence-corrected chi connectivity index (χ4v) is 8.11. The molecule has 0 bridgehead atoms. The number of oxime groups is 1. The maximum Gasteiger partial charge on any atom is 0.360 e. The van der Waals surface area contributed by atoms with Crippen LogP contribution in [0, 0.1) is 10.1 Å². The van der Waals surface area contributed by atoms with Gasteiger partial charge in [0.05, 0.1) is 23.4 Å². The number of rotatable bonds is 17. The van der Waals surface area contributed by atoms with Crippen molar-refractivity contribution in [3.63, 3.8) is 0 Å². The zero-order valence-corrected chi connectivity index (χ0v) is 34.9. The number of aromatic nitrogens is 1. The number of thiazole rings is 1. The first-order valence-corrected chi connectivity index (χ1v) is 21.1. The lowest BCUT2D eigenvalue weighted by atomic mass is 9.77. The molecule has 0 fully saturated rings. The number of aliphatic carboxylic acids is 1. The predicted octanol–water partition coefficient (Wildman–Crippen LogP) is 9.59. The van der Waals surface area contributed by atoms with Gasteiger partial charge in [0.2, 0.25) is 11.5 Å². The second-order valence-corrected chi connectivity index (χ2v) is 15.5. The predicted molar refractivity (Wildman–Crippen MR) is 245 cm³/mol. The van der Waals surface area contributed by atoms with Gasteiger partial charge in [0.1, 0.15) is 23.9 Å². The summed E-state index contributed by atoms with van der Waals surface area (Å²) in [6.07, 6.45) is 2.22. The molecule has 1 unspecified atom stereocenters. The first-order chi connectivity index (χ1) is 31.3. The van der Waals surface area contributed by atoms with Gasteiger partial charge in [0.25, 0.3) is 5.69 Å². The van der Waals surface area contributed by atoms with Gasteiger partial charge < -0.3 is 20.0 Å². The van der Waals surface area contributed by atoms with Crippen molar-refractivity contribution in [2.75, 3.05) is 11.9 Å². The van der Waals surface area contributed by atoms with Crippen LogP contribution in [0.1, 0.15) is 51.6 Å². The number of carbonyl (C=O) groups excluding carboxylic acids is 1. The lowest BCUT2D eigenvalue weighted by Crippen LogP contribution is -2.38. The zero-order valence-electron chi connectivity index (χ0n) is 34.1. The summed E-state index contributed by atoms with van der Waals surface area (Å²) in [4.78, 5) is 47.8. The second-order valence-electron chi connectivity index (χ2n) is 14.6. The third kappa shape index (κ3) is 9.62.